The highest BCUT2D eigenvalue weighted by molar-refractivity contribution is 9.09. The first-order chi connectivity index (χ1) is 8.52. The number of nitrogens with zero attached hydrogens (tertiary/aromatic N) is 5. The van der Waals surface area contributed by atoms with Crippen LogP contribution in [-0.4, -0.2) is 24.8 Å². The van der Waals surface area contributed by atoms with Crippen LogP contribution in [0.3, 0.4) is 0 Å². The number of hydrogen-bond donors (Lipinski definition) is 0. The van der Waals surface area contributed by atoms with Crippen molar-refractivity contribution in [1.82, 2.24) is 24.8 Å². The minimum Gasteiger partial charge on any atom is -0.269 e. The average molecular weight is 333 g/mol. The molecule has 2 aromatic heterocycles. The third-order valence-electron chi connectivity index (χ3n) is 2.78. The van der Waals surface area contributed by atoms with Crippen LogP contribution in [0.4, 0.5) is 0 Å². The van der Waals surface area contributed by atoms with Gasteiger partial charge in [-0.2, -0.15) is 5.10 Å². The van der Waals surface area contributed by atoms with Crippen molar-refractivity contribution in [2.75, 3.05) is 0 Å². The minimum absolute atomic E-state index is 0.194. The van der Waals surface area contributed by atoms with Gasteiger partial charge in [0.05, 0.1) is 39.7 Å². The zero-order valence-electron chi connectivity index (χ0n) is 10.6. The van der Waals surface area contributed by atoms with Crippen LogP contribution < -0.4 is 0 Å². The predicted octanol–water partition coefficient (Wildman–Crippen LogP) is 2.73. The number of hydrogen-bond acceptors (Lipinski definition) is 3. The van der Waals surface area contributed by atoms with Gasteiger partial charge in [-0.1, -0.05) is 39.7 Å². The summed E-state index contributed by atoms with van der Waals surface area (Å²) in [6, 6.07) is 0. The van der Waals surface area contributed by atoms with E-state index >= 15 is 0 Å². The maximum Gasteiger partial charge on any atom is 0.0960 e. The van der Waals surface area contributed by atoms with Crippen LogP contribution in [0.1, 0.15) is 35.8 Å². The Morgan fingerprint density at radius 1 is 1.50 bits per heavy atom. The van der Waals surface area contributed by atoms with Gasteiger partial charge >= 0.3 is 0 Å². The van der Waals surface area contributed by atoms with Crippen molar-refractivity contribution in [3.05, 3.63) is 28.3 Å². The third-order valence-corrected chi connectivity index (χ3v) is 3.68. The lowest BCUT2D eigenvalue weighted by Gasteiger charge is -2.02. The topological polar surface area (TPSA) is 48.5 Å². The summed E-state index contributed by atoms with van der Waals surface area (Å²) in [5.41, 5.74) is 2.78. The molecule has 0 fully saturated rings. The molecule has 2 heterocycles. The monoisotopic (exact) mass is 331 g/mol. The number of rotatable bonds is 4. The Kier molecular flexibility index (Phi) is 4.07. The Morgan fingerprint density at radius 2 is 2.22 bits per heavy atom. The van der Waals surface area contributed by atoms with Gasteiger partial charge in [0.15, 0.2) is 0 Å². The van der Waals surface area contributed by atoms with E-state index in [1.54, 1.807) is 9.36 Å². The number of halogens is 2. The fourth-order valence-corrected chi connectivity index (χ4v) is 2.28. The summed E-state index contributed by atoms with van der Waals surface area (Å²) in [6.45, 7) is 4.63. The standard InChI is InChI=1S/C11H15BrClN5/c1-4-8-11(13)10(17(3)15-8)6-18-5-9(7(2)12)14-16-18/h5,7H,4,6H2,1-3H3. The molecule has 0 saturated carbocycles. The molecule has 0 bridgehead atoms. The maximum atomic E-state index is 6.29. The van der Waals surface area contributed by atoms with Gasteiger partial charge in [0.2, 0.25) is 0 Å². The second-order valence-electron chi connectivity index (χ2n) is 4.14. The van der Waals surface area contributed by atoms with Gasteiger partial charge in [-0.05, 0) is 13.3 Å². The van der Waals surface area contributed by atoms with Crippen LogP contribution in [0.15, 0.2) is 6.20 Å². The van der Waals surface area contributed by atoms with Crippen molar-refractivity contribution in [3.8, 4) is 0 Å². The molecule has 5 nitrogen and oxygen atoms in total. The van der Waals surface area contributed by atoms with E-state index < -0.39 is 0 Å². The lowest BCUT2D eigenvalue weighted by atomic mass is 10.3. The fraction of sp³-hybridized carbons (Fsp3) is 0.545. The summed E-state index contributed by atoms with van der Waals surface area (Å²) >= 11 is 9.76. The van der Waals surface area contributed by atoms with Crippen molar-refractivity contribution in [3.63, 3.8) is 0 Å². The van der Waals surface area contributed by atoms with Gasteiger partial charge in [-0.25, -0.2) is 4.68 Å². The van der Waals surface area contributed by atoms with Crippen LogP contribution in [0.25, 0.3) is 0 Å². The molecule has 0 radical (unpaired) electrons. The largest absolute Gasteiger partial charge is 0.269 e. The van der Waals surface area contributed by atoms with E-state index in [1.807, 2.05) is 27.1 Å². The van der Waals surface area contributed by atoms with Gasteiger partial charge < -0.3 is 0 Å². The number of aryl methyl sites for hydroxylation is 2. The molecule has 1 unspecified atom stereocenters. The van der Waals surface area contributed by atoms with Gasteiger partial charge in [-0.3, -0.25) is 4.68 Å². The summed E-state index contributed by atoms with van der Waals surface area (Å²) in [7, 11) is 1.89. The molecular weight excluding hydrogens is 318 g/mol. The molecule has 0 saturated heterocycles. The van der Waals surface area contributed by atoms with E-state index in [9.17, 15) is 0 Å². The van der Waals surface area contributed by atoms with Crippen molar-refractivity contribution in [2.45, 2.75) is 31.6 Å². The molecule has 0 N–H and O–H groups in total. The molecule has 18 heavy (non-hydrogen) atoms. The summed E-state index contributed by atoms with van der Waals surface area (Å²) in [4.78, 5) is 0.194. The molecule has 1 atom stereocenters. The van der Waals surface area contributed by atoms with Crippen molar-refractivity contribution >= 4 is 27.5 Å². The third kappa shape index (κ3) is 2.59. The quantitative estimate of drug-likeness (QED) is 0.809. The van der Waals surface area contributed by atoms with Crippen molar-refractivity contribution < 1.29 is 0 Å². The molecular formula is C11H15BrClN5. The zero-order valence-corrected chi connectivity index (χ0v) is 12.9. The molecule has 0 amide bonds. The van der Waals surface area contributed by atoms with E-state index in [-0.39, 0.29) is 4.83 Å². The van der Waals surface area contributed by atoms with E-state index in [0.29, 0.717) is 6.54 Å². The summed E-state index contributed by atoms with van der Waals surface area (Å²) < 4.78 is 3.58. The van der Waals surface area contributed by atoms with Crippen LogP contribution in [0.5, 0.6) is 0 Å². The molecule has 0 aliphatic heterocycles. The minimum atomic E-state index is 0.194. The number of alkyl halides is 1. The molecule has 0 aliphatic carbocycles. The van der Waals surface area contributed by atoms with E-state index in [1.165, 1.54) is 0 Å². The second-order valence-corrected chi connectivity index (χ2v) is 5.89. The van der Waals surface area contributed by atoms with Gasteiger partial charge in [0, 0.05) is 7.05 Å². The van der Waals surface area contributed by atoms with Crippen molar-refractivity contribution in [2.24, 2.45) is 7.05 Å². The first-order valence-corrected chi connectivity index (χ1v) is 7.06. The fourth-order valence-electron chi connectivity index (χ4n) is 1.72. The maximum absolute atomic E-state index is 6.29. The van der Waals surface area contributed by atoms with Crippen LogP contribution >= 0.6 is 27.5 Å². The second kappa shape index (κ2) is 5.40. The highest BCUT2D eigenvalue weighted by Gasteiger charge is 2.14. The van der Waals surface area contributed by atoms with Crippen LogP contribution in [-0.2, 0) is 20.0 Å². The molecule has 98 valence electrons. The highest BCUT2D eigenvalue weighted by atomic mass is 79.9. The summed E-state index contributed by atoms with van der Waals surface area (Å²) in [5, 5.41) is 13.3. The lowest BCUT2D eigenvalue weighted by Crippen LogP contribution is -2.06. The van der Waals surface area contributed by atoms with E-state index in [4.69, 9.17) is 11.6 Å². The predicted molar refractivity (Wildman–Crippen MR) is 74.1 cm³/mol. The van der Waals surface area contributed by atoms with Gasteiger partial charge in [0.1, 0.15) is 0 Å². The number of aromatic nitrogens is 5. The lowest BCUT2D eigenvalue weighted by molar-refractivity contribution is 0.598. The highest BCUT2D eigenvalue weighted by Crippen LogP contribution is 2.22. The Labute approximate surface area is 119 Å². The Bertz CT molecular complexity index is 546. The molecule has 0 aromatic carbocycles. The summed E-state index contributed by atoms with van der Waals surface area (Å²) in [5.74, 6) is 0. The Hall–Kier alpha value is -0.880. The molecule has 0 aliphatic rings. The molecule has 7 heteroatoms. The van der Waals surface area contributed by atoms with Crippen molar-refractivity contribution in [1.29, 1.82) is 0 Å². The van der Waals surface area contributed by atoms with E-state index in [0.717, 1.165) is 28.5 Å². The van der Waals surface area contributed by atoms with Crippen LogP contribution in [0.2, 0.25) is 5.02 Å². The Balaban J connectivity index is 2.25. The summed E-state index contributed by atoms with van der Waals surface area (Å²) in [6.07, 6.45) is 2.74. The molecule has 0 spiro atoms. The normalized spacial score (nSPS) is 12.9. The van der Waals surface area contributed by atoms with Crippen LogP contribution in [0, 0.1) is 0 Å². The van der Waals surface area contributed by atoms with Gasteiger partial charge in [-0.15, -0.1) is 5.10 Å². The smallest absolute Gasteiger partial charge is 0.0960 e. The van der Waals surface area contributed by atoms with Gasteiger partial charge in [0.25, 0.3) is 0 Å². The zero-order chi connectivity index (χ0) is 13.3. The molecule has 2 aromatic rings. The SMILES string of the molecule is CCc1nn(C)c(Cn2cc(C(C)Br)nn2)c1Cl. The first kappa shape index (κ1) is 13.5. The first-order valence-electron chi connectivity index (χ1n) is 5.77. The van der Waals surface area contributed by atoms with E-state index in [2.05, 4.69) is 31.3 Å². The average Bonchev–Trinajstić information content (AvgIpc) is 2.89. The Morgan fingerprint density at radius 3 is 2.72 bits per heavy atom. The molecule has 2 rings (SSSR count).